The maximum absolute atomic E-state index is 12.6. The SMILES string of the molecule is COc1ccc(CNC(=O)C2NNNC2Nc2cccc(Cl)c2)cc1OC. The molecule has 3 rings (SSSR count). The molecule has 5 N–H and O–H groups in total. The Kier molecular flexibility index (Phi) is 6.36. The van der Waals surface area contributed by atoms with E-state index in [1.165, 1.54) is 0 Å². The number of halogens is 1. The van der Waals surface area contributed by atoms with Crippen LogP contribution in [0.1, 0.15) is 5.56 Å². The minimum atomic E-state index is -0.524. The molecule has 1 aliphatic heterocycles. The molecule has 27 heavy (non-hydrogen) atoms. The number of hydrogen-bond donors (Lipinski definition) is 5. The Balaban J connectivity index is 1.60. The summed E-state index contributed by atoms with van der Waals surface area (Å²) < 4.78 is 10.5. The van der Waals surface area contributed by atoms with E-state index >= 15 is 0 Å². The van der Waals surface area contributed by atoms with Gasteiger partial charge < -0.3 is 20.1 Å². The minimum absolute atomic E-state index is 0.165. The van der Waals surface area contributed by atoms with E-state index < -0.39 is 6.04 Å². The van der Waals surface area contributed by atoms with E-state index in [1.807, 2.05) is 24.3 Å². The lowest BCUT2D eigenvalue weighted by Crippen LogP contribution is -2.50. The van der Waals surface area contributed by atoms with E-state index in [-0.39, 0.29) is 12.1 Å². The van der Waals surface area contributed by atoms with Crippen molar-refractivity contribution >= 4 is 23.2 Å². The van der Waals surface area contributed by atoms with Crippen molar-refractivity contribution in [3.8, 4) is 11.5 Å². The second-order valence-corrected chi connectivity index (χ2v) is 6.37. The number of benzene rings is 2. The van der Waals surface area contributed by atoms with Crippen molar-refractivity contribution in [1.82, 2.24) is 21.7 Å². The first-order chi connectivity index (χ1) is 13.1. The quantitative estimate of drug-likeness (QED) is 0.487. The molecule has 0 aromatic heterocycles. The first-order valence-corrected chi connectivity index (χ1v) is 8.75. The molecule has 1 fully saturated rings. The summed E-state index contributed by atoms with van der Waals surface area (Å²) in [5.41, 5.74) is 10.4. The van der Waals surface area contributed by atoms with Gasteiger partial charge in [-0.25, -0.2) is 10.9 Å². The Hall–Kier alpha value is -2.52. The highest BCUT2D eigenvalue weighted by atomic mass is 35.5. The van der Waals surface area contributed by atoms with Crippen LogP contribution in [0, 0.1) is 0 Å². The van der Waals surface area contributed by atoms with E-state index in [4.69, 9.17) is 21.1 Å². The fourth-order valence-electron chi connectivity index (χ4n) is 2.75. The highest BCUT2D eigenvalue weighted by molar-refractivity contribution is 6.30. The van der Waals surface area contributed by atoms with Crippen molar-refractivity contribution in [3.63, 3.8) is 0 Å². The van der Waals surface area contributed by atoms with Gasteiger partial charge >= 0.3 is 0 Å². The van der Waals surface area contributed by atoms with Gasteiger partial charge in [0.2, 0.25) is 5.91 Å². The van der Waals surface area contributed by atoms with Crippen molar-refractivity contribution < 1.29 is 14.3 Å². The summed E-state index contributed by atoms with van der Waals surface area (Å²) in [4.78, 5) is 12.6. The number of anilines is 1. The fourth-order valence-corrected chi connectivity index (χ4v) is 2.94. The van der Waals surface area contributed by atoms with Crippen LogP contribution in [0.5, 0.6) is 11.5 Å². The average Bonchev–Trinajstić information content (AvgIpc) is 3.14. The summed E-state index contributed by atoms with van der Waals surface area (Å²) in [6.45, 7) is 0.362. The average molecular weight is 392 g/mol. The van der Waals surface area contributed by atoms with Gasteiger partial charge in [0.05, 0.1) is 14.2 Å². The van der Waals surface area contributed by atoms with Crippen LogP contribution < -0.4 is 36.5 Å². The maximum atomic E-state index is 12.6. The summed E-state index contributed by atoms with van der Waals surface area (Å²) in [7, 11) is 3.16. The molecule has 9 heteroatoms. The molecule has 0 bridgehead atoms. The van der Waals surface area contributed by atoms with Gasteiger partial charge in [0.15, 0.2) is 11.5 Å². The third-order valence-electron chi connectivity index (χ3n) is 4.13. The highest BCUT2D eigenvalue weighted by Crippen LogP contribution is 2.27. The molecule has 144 valence electrons. The maximum Gasteiger partial charge on any atom is 0.242 e. The number of amides is 1. The summed E-state index contributed by atoms with van der Waals surface area (Å²) in [6.07, 6.45) is -0.353. The normalized spacial score (nSPS) is 18.8. The zero-order chi connectivity index (χ0) is 19.2. The third-order valence-corrected chi connectivity index (χ3v) is 4.37. The Morgan fingerprint density at radius 3 is 2.67 bits per heavy atom. The van der Waals surface area contributed by atoms with E-state index in [9.17, 15) is 4.79 Å². The predicted molar refractivity (Wildman–Crippen MR) is 103 cm³/mol. The lowest BCUT2D eigenvalue weighted by Gasteiger charge is -2.20. The van der Waals surface area contributed by atoms with Gasteiger partial charge in [-0.1, -0.05) is 23.7 Å². The summed E-state index contributed by atoms with van der Waals surface area (Å²) in [5, 5.41) is 6.76. The van der Waals surface area contributed by atoms with Crippen LogP contribution in [0.3, 0.4) is 0 Å². The number of carbonyl (C=O) groups is 1. The molecule has 1 heterocycles. The Morgan fingerprint density at radius 1 is 1.11 bits per heavy atom. The summed E-state index contributed by atoms with van der Waals surface area (Å²) in [5.74, 6) is 1.10. The van der Waals surface area contributed by atoms with Crippen molar-refractivity contribution in [1.29, 1.82) is 0 Å². The topological polar surface area (TPSA) is 95.7 Å². The molecule has 0 saturated carbocycles. The summed E-state index contributed by atoms with van der Waals surface area (Å²) in [6, 6.07) is 12.3. The number of ether oxygens (including phenoxy) is 2. The largest absolute Gasteiger partial charge is 0.493 e. The number of nitrogens with one attached hydrogen (secondary N) is 5. The van der Waals surface area contributed by atoms with Crippen molar-refractivity contribution in [2.75, 3.05) is 19.5 Å². The molecule has 2 atom stereocenters. The van der Waals surface area contributed by atoms with Gasteiger partial charge in [-0.2, -0.15) is 5.53 Å². The van der Waals surface area contributed by atoms with Gasteiger partial charge in [-0.15, -0.1) is 0 Å². The molecule has 2 aromatic rings. The zero-order valence-corrected chi connectivity index (χ0v) is 15.8. The Bertz CT molecular complexity index is 804. The van der Waals surface area contributed by atoms with Crippen molar-refractivity contribution in [2.45, 2.75) is 18.8 Å². The standard InChI is InChI=1S/C18H22ClN5O3/c1-26-14-7-6-11(8-15(14)27-2)10-20-18(25)16-17(23-24-22-16)21-13-5-3-4-12(19)9-13/h3-9,16-17,21-24H,10H2,1-2H3,(H,20,25). The lowest BCUT2D eigenvalue weighted by atomic mass is 10.1. The molecule has 8 nitrogen and oxygen atoms in total. The zero-order valence-electron chi connectivity index (χ0n) is 15.0. The van der Waals surface area contributed by atoms with Gasteiger partial charge in [-0.3, -0.25) is 4.79 Å². The highest BCUT2D eigenvalue weighted by Gasteiger charge is 2.32. The molecule has 2 unspecified atom stereocenters. The molecule has 0 spiro atoms. The lowest BCUT2D eigenvalue weighted by molar-refractivity contribution is -0.123. The molecular formula is C18H22ClN5O3. The van der Waals surface area contributed by atoms with Crippen LogP contribution in [0.4, 0.5) is 5.69 Å². The molecule has 1 aliphatic rings. The van der Waals surface area contributed by atoms with E-state index in [0.29, 0.717) is 23.1 Å². The first kappa shape index (κ1) is 19.2. The van der Waals surface area contributed by atoms with Crippen LogP contribution in [-0.4, -0.2) is 32.3 Å². The number of rotatable bonds is 7. The smallest absolute Gasteiger partial charge is 0.242 e. The molecule has 1 amide bonds. The van der Waals surface area contributed by atoms with Crippen LogP contribution in [0.15, 0.2) is 42.5 Å². The Labute approximate surface area is 162 Å². The van der Waals surface area contributed by atoms with E-state index in [0.717, 1.165) is 11.3 Å². The van der Waals surface area contributed by atoms with Crippen LogP contribution in [0.25, 0.3) is 0 Å². The number of carbonyl (C=O) groups excluding carboxylic acids is 1. The van der Waals surface area contributed by atoms with Crippen LogP contribution in [0.2, 0.25) is 5.02 Å². The molecule has 0 radical (unpaired) electrons. The Morgan fingerprint density at radius 2 is 1.93 bits per heavy atom. The summed E-state index contributed by atoms with van der Waals surface area (Å²) >= 11 is 6.00. The molecule has 2 aromatic carbocycles. The predicted octanol–water partition coefficient (Wildman–Crippen LogP) is 1.39. The van der Waals surface area contributed by atoms with Gasteiger partial charge in [0.25, 0.3) is 0 Å². The molecule has 0 aliphatic carbocycles. The first-order valence-electron chi connectivity index (χ1n) is 8.37. The second kappa shape index (κ2) is 8.92. The fraction of sp³-hybridized carbons (Fsp3) is 0.278. The monoisotopic (exact) mass is 391 g/mol. The van der Waals surface area contributed by atoms with Gasteiger partial charge in [0, 0.05) is 17.3 Å². The van der Waals surface area contributed by atoms with Crippen molar-refractivity contribution in [3.05, 3.63) is 53.1 Å². The number of hydrogen-bond acceptors (Lipinski definition) is 7. The number of methoxy groups -OCH3 is 2. The van der Waals surface area contributed by atoms with Crippen LogP contribution in [-0.2, 0) is 11.3 Å². The van der Waals surface area contributed by atoms with Gasteiger partial charge in [0.1, 0.15) is 12.2 Å². The molecule has 1 saturated heterocycles. The number of hydrazine groups is 2. The minimum Gasteiger partial charge on any atom is -0.493 e. The van der Waals surface area contributed by atoms with Crippen molar-refractivity contribution in [2.24, 2.45) is 0 Å². The van der Waals surface area contributed by atoms with Crippen LogP contribution >= 0.6 is 11.6 Å². The third kappa shape index (κ3) is 4.81. The van der Waals surface area contributed by atoms with E-state index in [1.54, 1.807) is 32.4 Å². The van der Waals surface area contributed by atoms with E-state index in [2.05, 4.69) is 27.0 Å². The van der Waals surface area contributed by atoms with Gasteiger partial charge in [-0.05, 0) is 35.9 Å². The second-order valence-electron chi connectivity index (χ2n) is 5.93. The molecular weight excluding hydrogens is 370 g/mol.